The average molecular weight is 138 g/mol. The highest BCUT2D eigenvalue weighted by Crippen LogP contribution is 2.10. The third-order valence-corrected chi connectivity index (χ3v) is 1.32. The Morgan fingerprint density at radius 2 is 2.10 bits per heavy atom. The summed E-state index contributed by atoms with van der Waals surface area (Å²) in [6, 6.07) is 0. The third-order valence-electron chi connectivity index (χ3n) is 1.32. The molecule has 0 N–H and O–H groups in total. The Morgan fingerprint density at radius 1 is 1.50 bits per heavy atom. The number of hydrogen-bond acceptors (Lipinski definition) is 3. The van der Waals surface area contributed by atoms with Gasteiger partial charge in [-0.2, -0.15) is 0 Å². The lowest BCUT2D eigenvalue weighted by molar-refractivity contribution is -0.121. The predicted octanol–water partition coefficient (Wildman–Crippen LogP) is 0.0437. The molecule has 0 atom stereocenters. The van der Waals surface area contributed by atoms with Gasteiger partial charge in [-0.05, 0) is 13.0 Å². The van der Waals surface area contributed by atoms with Crippen molar-refractivity contribution in [3.63, 3.8) is 0 Å². The zero-order valence-corrected chi connectivity index (χ0v) is 5.51. The third kappa shape index (κ3) is 1.03. The van der Waals surface area contributed by atoms with Gasteiger partial charge in [-0.1, -0.05) is 0 Å². The Bertz CT molecular complexity index is 248. The van der Waals surface area contributed by atoms with Crippen LogP contribution in [0.15, 0.2) is 11.6 Å². The van der Waals surface area contributed by atoms with E-state index >= 15 is 0 Å². The molecule has 1 aliphatic rings. The van der Waals surface area contributed by atoms with Gasteiger partial charge in [-0.3, -0.25) is 14.4 Å². The molecule has 0 aliphatic heterocycles. The zero-order valence-electron chi connectivity index (χ0n) is 5.51. The van der Waals surface area contributed by atoms with Gasteiger partial charge in [0.1, 0.15) is 0 Å². The highest BCUT2D eigenvalue weighted by molar-refractivity contribution is 6.31. The van der Waals surface area contributed by atoms with Crippen LogP contribution in [0.2, 0.25) is 0 Å². The average Bonchev–Trinajstić information content (AvgIpc) is 2.10. The molecule has 0 aromatic carbocycles. The molecule has 52 valence electrons. The Kier molecular flexibility index (Phi) is 1.49. The lowest BCUT2D eigenvalue weighted by Crippen LogP contribution is -2.04. The number of carbonyl (C=O) groups excluding carboxylic acids is 3. The molecule has 0 saturated carbocycles. The second-order valence-electron chi connectivity index (χ2n) is 2.18. The Balaban J connectivity index is 2.96. The van der Waals surface area contributed by atoms with Crippen LogP contribution in [0, 0.1) is 0 Å². The van der Waals surface area contributed by atoms with Crippen molar-refractivity contribution < 1.29 is 14.4 Å². The highest BCUT2D eigenvalue weighted by atomic mass is 16.2. The van der Waals surface area contributed by atoms with Crippen LogP contribution in [0.3, 0.4) is 0 Å². The lowest BCUT2D eigenvalue weighted by Gasteiger charge is -1.87. The molecular weight excluding hydrogens is 132 g/mol. The molecule has 1 aliphatic carbocycles. The summed E-state index contributed by atoms with van der Waals surface area (Å²) >= 11 is 0. The quantitative estimate of drug-likeness (QED) is 0.380. The van der Waals surface area contributed by atoms with Crippen LogP contribution in [-0.4, -0.2) is 17.3 Å². The van der Waals surface area contributed by atoms with Gasteiger partial charge in [-0.25, -0.2) is 0 Å². The molecule has 3 nitrogen and oxygen atoms in total. The van der Waals surface area contributed by atoms with Crippen molar-refractivity contribution in [2.45, 2.75) is 13.3 Å². The fraction of sp³-hybridized carbons (Fsp3) is 0.286. The van der Waals surface area contributed by atoms with E-state index in [1.54, 1.807) is 0 Å². The number of carbonyl (C=O) groups is 3. The van der Waals surface area contributed by atoms with Crippen molar-refractivity contribution in [3.8, 4) is 0 Å². The second kappa shape index (κ2) is 2.17. The Hall–Kier alpha value is -1.25. The summed E-state index contributed by atoms with van der Waals surface area (Å²) in [4.78, 5) is 31.8. The summed E-state index contributed by atoms with van der Waals surface area (Å²) in [5.74, 6) is -0.941. The first kappa shape index (κ1) is 6.86. The van der Waals surface area contributed by atoms with Crippen molar-refractivity contribution in [1.29, 1.82) is 0 Å². The standard InChI is InChI=1S/C7H6O3/c1-4(8)6-2-5(9)3-7(6)10/h2H,3H2,1H3. The summed E-state index contributed by atoms with van der Waals surface area (Å²) in [7, 11) is 0. The van der Waals surface area contributed by atoms with Crippen molar-refractivity contribution >= 4 is 17.3 Å². The summed E-state index contributed by atoms with van der Waals surface area (Å²) in [6.07, 6.45) is 0.986. The molecule has 10 heavy (non-hydrogen) atoms. The molecule has 1 rings (SSSR count). The molecule has 0 bridgehead atoms. The largest absolute Gasteiger partial charge is 0.294 e. The van der Waals surface area contributed by atoms with Gasteiger partial charge >= 0.3 is 0 Å². The van der Waals surface area contributed by atoms with E-state index in [4.69, 9.17) is 0 Å². The van der Waals surface area contributed by atoms with E-state index < -0.39 is 0 Å². The summed E-state index contributed by atoms with van der Waals surface area (Å²) in [5, 5.41) is 0. The summed E-state index contributed by atoms with van der Waals surface area (Å²) in [5.41, 5.74) is 0.0463. The second-order valence-corrected chi connectivity index (χ2v) is 2.18. The van der Waals surface area contributed by atoms with Gasteiger partial charge in [0.2, 0.25) is 0 Å². The lowest BCUT2D eigenvalue weighted by atomic mass is 10.1. The SMILES string of the molecule is CC(=O)C1=CC(=O)CC1=O. The first-order valence-corrected chi connectivity index (χ1v) is 2.90. The van der Waals surface area contributed by atoms with Crippen molar-refractivity contribution in [2.24, 2.45) is 0 Å². The molecule has 0 aromatic heterocycles. The maximum absolute atomic E-state index is 10.7. The molecule has 0 unspecified atom stereocenters. The number of rotatable bonds is 1. The summed E-state index contributed by atoms with van der Waals surface area (Å²) < 4.78 is 0. The molecule has 0 amide bonds. The molecule has 0 spiro atoms. The maximum Gasteiger partial charge on any atom is 0.174 e. The van der Waals surface area contributed by atoms with Gasteiger partial charge in [-0.15, -0.1) is 0 Å². The van der Waals surface area contributed by atoms with Crippen molar-refractivity contribution in [1.82, 2.24) is 0 Å². The first-order valence-electron chi connectivity index (χ1n) is 2.90. The van der Waals surface area contributed by atoms with Gasteiger partial charge in [0.05, 0.1) is 12.0 Å². The van der Waals surface area contributed by atoms with E-state index in [0.717, 1.165) is 6.08 Å². The van der Waals surface area contributed by atoms with Crippen LogP contribution < -0.4 is 0 Å². The van der Waals surface area contributed by atoms with Gasteiger partial charge in [0, 0.05) is 0 Å². The monoisotopic (exact) mass is 138 g/mol. The number of hydrogen-bond donors (Lipinski definition) is 0. The van der Waals surface area contributed by atoms with E-state index in [-0.39, 0.29) is 29.3 Å². The summed E-state index contributed by atoms with van der Waals surface area (Å²) in [6.45, 7) is 1.28. The molecule has 0 aromatic rings. The molecule has 0 fully saturated rings. The predicted molar refractivity (Wildman–Crippen MR) is 33.4 cm³/mol. The van der Waals surface area contributed by atoms with Gasteiger partial charge < -0.3 is 0 Å². The van der Waals surface area contributed by atoms with Crippen LogP contribution >= 0.6 is 0 Å². The number of Topliss-reactive ketones (excluding diaryl/α,β-unsaturated/α-hetero) is 2. The van der Waals surface area contributed by atoms with Gasteiger partial charge in [0.25, 0.3) is 0 Å². The van der Waals surface area contributed by atoms with Crippen LogP contribution in [0.4, 0.5) is 0 Å². The van der Waals surface area contributed by atoms with E-state index in [1.807, 2.05) is 0 Å². The van der Waals surface area contributed by atoms with Crippen molar-refractivity contribution in [3.05, 3.63) is 11.6 Å². The Labute approximate surface area is 57.7 Å². The first-order chi connectivity index (χ1) is 4.61. The highest BCUT2D eigenvalue weighted by Gasteiger charge is 2.24. The topological polar surface area (TPSA) is 51.2 Å². The van der Waals surface area contributed by atoms with Crippen molar-refractivity contribution in [2.75, 3.05) is 0 Å². The van der Waals surface area contributed by atoms with Crippen LogP contribution in [-0.2, 0) is 14.4 Å². The van der Waals surface area contributed by atoms with Crippen LogP contribution in [0.5, 0.6) is 0 Å². The van der Waals surface area contributed by atoms with E-state index in [1.165, 1.54) is 6.92 Å². The zero-order chi connectivity index (χ0) is 7.72. The smallest absolute Gasteiger partial charge is 0.174 e. The van der Waals surface area contributed by atoms with E-state index in [2.05, 4.69) is 0 Å². The minimum absolute atomic E-state index is 0.0463. The molecule has 0 radical (unpaired) electrons. The minimum atomic E-state index is -0.350. The maximum atomic E-state index is 10.7. The molecule has 0 saturated heterocycles. The van der Waals surface area contributed by atoms with E-state index in [9.17, 15) is 14.4 Å². The van der Waals surface area contributed by atoms with E-state index in [0.29, 0.717) is 0 Å². The number of ketones is 3. The molecule has 0 heterocycles. The fourth-order valence-corrected chi connectivity index (χ4v) is 0.844. The normalized spacial score (nSPS) is 17.5. The van der Waals surface area contributed by atoms with Crippen LogP contribution in [0.1, 0.15) is 13.3 Å². The molecule has 3 heteroatoms. The fourth-order valence-electron chi connectivity index (χ4n) is 0.844. The van der Waals surface area contributed by atoms with Gasteiger partial charge in [0.15, 0.2) is 17.3 Å². The Morgan fingerprint density at radius 3 is 2.30 bits per heavy atom. The molecular formula is C7H6O3. The number of allylic oxidation sites excluding steroid dienone is 2. The minimum Gasteiger partial charge on any atom is -0.294 e. The van der Waals surface area contributed by atoms with Crippen LogP contribution in [0.25, 0.3) is 0 Å².